The predicted octanol–water partition coefficient (Wildman–Crippen LogP) is 2.51. The SMILES string of the molecule is COc1cccc(NC(=O)CN(C)CC(=O)N[C@H]2CCC[C@H](C)[C@H]2C)c1. The lowest BCUT2D eigenvalue weighted by Crippen LogP contribution is -2.47. The van der Waals surface area contributed by atoms with Crippen molar-refractivity contribution < 1.29 is 14.3 Å². The minimum Gasteiger partial charge on any atom is -0.497 e. The summed E-state index contributed by atoms with van der Waals surface area (Å²) in [5.74, 6) is 1.64. The van der Waals surface area contributed by atoms with E-state index in [2.05, 4.69) is 24.5 Å². The highest BCUT2D eigenvalue weighted by atomic mass is 16.5. The fraction of sp³-hybridized carbons (Fsp3) is 0.600. The van der Waals surface area contributed by atoms with Gasteiger partial charge in [-0.2, -0.15) is 0 Å². The lowest BCUT2D eigenvalue weighted by atomic mass is 9.78. The Morgan fingerprint density at radius 1 is 1.19 bits per heavy atom. The minimum absolute atomic E-state index is 0.0207. The Morgan fingerprint density at radius 3 is 2.65 bits per heavy atom. The average molecular weight is 361 g/mol. The second kappa shape index (κ2) is 9.57. The van der Waals surface area contributed by atoms with Crippen LogP contribution >= 0.6 is 0 Å². The topological polar surface area (TPSA) is 70.7 Å². The minimum atomic E-state index is -0.159. The Bertz CT molecular complexity index is 620. The second-order valence-corrected chi connectivity index (χ2v) is 7.39. The molecule has 6 heteroatoms. The molecule has 1 aromatic carbocycles. The Balaban J connectivity index is 1.77. The summed E-state index contributed by atoms with van der Waals surface area (Å²) in [6.45, 7) is 4.82. The monoisotopic (exact) mass is 361 g/mol. The Kier molecular flexibility index (Phi) is 7.45. The van der Waals surface area contributed by atoms with Crippen LogP contribution in [0.2, 0.25) is 0 Å². The fourth-order valence-corrected chi connectivity index (χ4v) is 3.49. The lowest BCUT2D eigenvalue weighted by molar-refractivity contribution is -0.124. The van der Waals surface area contributed by atoms with Gasteiger partial charge < -0.3 is 15.4 Å². The van der Waals surface area contributed by atoms with E-state index in [1.165, 1.54) is 6.42 Å². The van der Waals surface area contributed by atoms with Gasteiger partial charge in [0.1, 0.15) is 5.75 Å². The third kappa shape index (κ3) is 6.02. The number of hydrogen-bond acceptors (Lipinski definition) is 4. The molecular weight excluding hydrogens is 330 g/mol. The smallest absolute Gasteiger partial charge is 0.238 e. The summed E-state index contributed by atoms with van der Waals surface area (Å²) in [6.07, 6.45) is 3.43. The van der Waals surface area contributed by atoms with Gasteiger partial charge in [0.15, 0.2) is 0 Å². The van der Waals surface area contributed by atoms with E-state index in [9.17, 15) is 9.59 Å². The van der Waals surface area contributed by atoms with Crippen LogP contribution in [-0.4, -0.2) is 50.0 Å². The molecule has 0 unspecified atom stereocenters. The number of hydrogen-bond donors (Lipinski definition) is 2. The summed E-state index contributed by atoms with van der Waals surface area (Å²) >= 11 is 0. The van der Waals surface area contributed by atoms with Crippen molar-refractivity contribution in [3.8, 4) is 5.75 Å². The van der Waals surface area contributed by atoms with Crippen LogP contribution in [0.1, 0.15) is 33.1 Å². The molecule has 0 bridgehead atoms. The van der Waals surface area contributed by atoms with E-state index in [4.69, 9.17) is 4.74 Å². The molecule has 0 aliphatic heterocycles. The summed E-state index contributed by atoms with van der Waals surface area (Å²) < 4.78 is 5.14. The maximum absolute atomic E-state index is 12.3. The molecule has 1 saturated carbocycles. The van der Waals surface area contributed by atoms with Gasteiger partial charge in [0.2, 0.25) is 11.8 Å². The van der Waals surface area contributed by atoms with Crippen molar-refractivity contribution in [1.82, 2.24) is 10.2 Å². The van der Waals surface area contributed by atoms with Gasteiger partial charge in [-0.1, -0.05) is 32.8 Å². The molecule has 0 saturated heterocycles. The number of amides is 2. The van der Waals surface area contributed by atoms with Crippen molar-refractivity contribution in [2.45, 2.75) is 39.2 Å². The van der Waals surface area contributed by atoms with Gasteiger partial charge in [0.05, 0.1) is 20.2 Å². The number of methoxy groups -OCH3 is 1. The van der Waals surface area contributed by atoms with Crippen LogP contribution in [0.4, 0.5) is 5.69 Å². The number of likely N-dealkylation sites (N-methyl/N-ethyl adjacent to an activating group) is 1. The molecule has 6 nitrogen and oxygen atoms in total. The van der Waals surface area contributed by atoms with Gasteiger partial charge in [0.25, 0.3) is 0 Å². The quantitative estimate of drug-likeness (QED) is 0.783. The number of nitrogens with one attached hydrogen (secondary N) is 2. The number of benzene rings is 1. The van der Waals surface area contributed by atoms with E-state index in [1.807, 2.05) is 12.1 Å². The first-order chi connectivity index (χ1) is 12.4. The number of ether oxygens (including phenoxy) is 1. The molecule has 2 amide bonds. The zero-order valence-electron chi connectivity index (χ0n) is 16.2. The molecule has 1 aliphatic carbocycles. The van der Waals surface area contributed by atoms with Gasteiger partial charge in [-0.25, -0.2) is 0 Å². The van der Waals surface area contributed by atoms with Crippen molar-refractivity contribution in [2.24, 2.45) is 11.8 Å². The van der Waals surface area contributed by atoms with Gasteiger partial charge in [-0.15, -0.1) is 0 Å². The first-order valence-electron chi connectivity index (χ1n) is 9.31. The lowest BCUT2D eigenvalue weighted by Gasteiger charge is -2.34. The number of rotatable bonds is 7. The average Bonchev–Trinajstić information content (AvgIpc) is 2.58. The largest absolute Gasteiger partial charge is 0.497 e. The summed E-state index contributed by atoms with van der Waals surface area (Å²) in [7, 11) is 3.36. The number of anilines is 1. The van der Waals surface area contributed by atoms with Crippen LogP contribution in [0.25, 0.3) is 0 Å². The molecule has 2 rings (SSSR count). The van der Waals surface area contributed by atoms with Crippen molar-refractivity contribution >= 4 is 17.5 Å². The third-order valence-corrected chi connectivity index (χ3v) is 5.23. The molecule has 1 aliphatic rings. The first-order valence-corrected chi connectivity index (χ1v) is 9.31. The van der Waals surface area contributed by atoms with Crippen molar-refractivity contribution in [3.63, 3.8) is 0 Å². The predicted molar refractivity (Wildman–Crippen MR) is 103 cm³/mol. The molecule has 144 valence electrons. The van der Waals surface area contributed by atoms with Crippen LogP contribution in [0, 0.1) is 11.8 Å². The van der Waals surface area contributed by atoms with Crippen LogP contribution in [0.3, 0.4) is 0 Å². The molecule has 1 fully saturated rings. The van der Waals surface area contributed by atoms with E-state index in [-0.39, 0.29) is 30.9 Å². The Morgan fingerprint density at radius 2 is 1.92 bits per heavy atom. The van der Waals surface area contributed by atoms with Crippen LogP contribution in [-0.2, 0) is 9.59 Å². The highest BCUT2D eigenvalue weighted by Crippen LogP contribution is 2.29. The molecule has 0 aromatic heterocycles. The number of carbonyl (C=O) groups is 2. The fourth-order valence-electron chi connectivity index (χ4n) is 3.49. The summed E-state index contributed by atoms with van der Waals surface area (Å²) in [5.41, 5.74) is 0.678. The summed E-state index contributed by atoms with van der Waals surface area (Å²) in [6, 6.07) is 7.44. The normalized spacial score (nSPS) is 22.7. The molecule has 3 atom stereocenters. The van der Waals surface area contributed by atoms with Gasteiger partial charge in [0, 0.05) is 17.8 Å². The summed E-state index contributed by atoms with van der Waals surface area (Å²) in [4.78, 5) is 26.2. The maximum Gasteiger partial charge on any atom is 0.238 e. The van der Waals surface area contributed by atoms with Crippen molar-refractivity contribution in [1.29, 1.82) is 0 Å². The molecule has 0 heterocycles. The zero-order valence-corrected chi connectivity index (χ0v) is 16.2. The maximum atomic E-state index is 12.3. The standard InChI is InChI=1S/C20H31N3O3/c1-14-7-5-10-18(15(14)2)22-20(25)13-23(3)12-19(24)21-16-8-6-9-17(11-16)26-4/h6,8-9,11,14-15,18H,5,7,10,12-13H2,1-4H3,(H,21,24)(H,22,25)/t14-,15+,18-/m0/s1. The van der Waals surface area contributed by atoms with Gasteiger partial charge >= 0.3 is 0 Å². The molecule has 2 N–H and O–H groups in total. The van der Waals surface area contributed by atoms with E-state index < -0.39 is 0 Å². The molecule has 0 radical (unpaired) electrons. The third-order valence-electron chi connectivity index (χ3n) is 5.23. The number of nitrogens with zero attached hydrogens (tertiary/aromatic N) is 1. The van der Waals surface area contributed by atoms with E-state index >= 15 is 0 Å². The van der Waals surface area contributed by atoms with Crippen molar-refractivity contribution in [3.05, 3.63) is 24.3 Å². The summed E-state index contributed by atoms with van der Waals surface area (Å²) in [5, 5.41) is 5.96. The Labute approximate surface area is 156 Å². The van der Waals surface area contributed by atoms with Crippen molar-refractivity contribution in [2.75, 3.05) is 32.6 Å². The highest BCUT2D eigenvalue weighted by molar-refractivity contribution is 5.92. The number of carbonyl (C=O) groups excluding carboxylic acids is 2. The molecule has 26 heavy (non-hydrogen) atoms. The van der Waals surface area contributed by atoms with Gasteiger partial charge in [-0.3, -0.25) is 14.5 Å². The van der Waals surface area contributed by atoms with E-state index in [1.54, 1.807) is 31.2 Å². The first kappa shape index (κ1) is 20.2. The molecule has 1 aromatic rings. The van der Waals surface area contributed by atoms with Crippen LogP contribution in [0.5, 0.6) is 5.75 Å². The van der Waals surface area contributed by atoms with Gasteiger partial charge in [-0.05, 0) is 37.4 Å². The van der Waals surface area contributed by atoms with E-state index in [0.29, 0.717) is 23.3 Å². The highest BCUT2D eigenvalue weighted by Gasteiger charge is 2.28. The van der Waals surface area contributed by atoms with Crippen LogP contribution in [0.15, 0.2) is 24.3 Å². The van der Waals surface area contributed by atoms with Crippen LogP contribution < -0.4 is 15.4 Å². The molecule has 0 spiro atoms. The second-order valence-electron chi connectivity index (χ2n) is 7.39. The zero-order chi connectivity index (χ0) is 19.1. The Hall–Kier alpha value is -2.08. The molecular formula is C20H31N3O3. The van der Waals surface area contributed by atoms with E-state index in [0.717, 1.165) is 12.8 Å².